The highest BCUT2D eigenvalue weighted by atomic mass is 16.6. The van der Waals surface area contributed by atoms with Crippen LogP contribution in [0.2, 0.25) is 0 Å². The molecule has 0 aliphatic carbocycles. The van der Waals surface area contributed by atoms with Gasteiger partial charge in [0.15, 0.2) is 5.82 Å². The third-order valence-corrected chi connectivity index (χ3v) is 3.06. The third-order valence-electron chi connectivity index (χ3n) is 3.06. The maximum absolute atomic E-state index is 9.89. The van der Waals surface area contributed by atoms with Gasteiger partial charge in [0.05, 0.1) is 19.0 Å². The van der Waals surface area contributed by atoms with Crippen LogP contribution in [-0.2, 0) is 4.74 Å². The highest BCUT2D eigenvalue weighted by Crippen LogP contribution is 2.33. The van der Waals surface area contributed by atoms with Crippen molar-refractivity contribution in [3.8, 4) is 11.4 Å². The Morgan fingerprint density at radius 2 is 1.68 bits per heavy atom. The van der Waals surface area contributed by atoms with Crippen LogP contribution in [0.1, 0.15) is 11.9 Å². The summed E-state index contributed by atoms with van der Waals surface area (Å²) < 4.78 is 5.36. The zero-order chi connectivity index (χ0) is 13.4. The molecule has 3 aliphatic heterocycles. The normalized spacial score (nSPS) is 30.9. The summed E-state index contributed by atoms with van der Waals surface area (Å²) in [6, 6.07) is 0. The van der Waals surface area contributed by atoms with Crippen molar-refractivity contribution >= 4 is 0 Å². The van der Waals surface area contributed by atoms with Gasteiger partial charge in [-0.15, -0.1) is 0 Å². The summed E-state index contributed by atoms with van der Waals surface area (Å²) in [4.78, 5) is 16.1. The second kappa shape index (κ2) is 4.74. The lowest BCUT2D eigenvalue weighted by atomic mass is 10.1. The van der Waals surface area contributed by atoms with E-state index in [0.29, 0.717) is 11.4 Å². The second-order valence-electron chi connectivity index (χ2n) is 4.28. The third kappa shape index (κ3) is 2.04. The lowest BCUT2D eigenvalue weighted by Crippen LogP contribution is -2.32. The Morgan fingerprint density at radius 3 is 2.21 bits per heavy atom. The van der Waals surface area contributed by atoms with Gasteiger partial charge >= 0.3 is 0 Å². The monoisotopic (exact) mass is 264 g/mol. The minimum absolute atomic E-state index is 0.243. The van der Waals surface area contributed by atoms with Crippen LogP contribution in [0, 0.1) is 0 Å². The lowest BCUT2D eigenvalue weighted by Gasteiger charge is -2.10. The first-order chi connectivity index (χ1) is 9.20. The first-order valence-corrected chi connectivity index (χ1v) is 5.76. The Morgan fingerprint density at radius 1 is 1.05 bits per heavy atom. The highest BCUT2D eigenvalue weighted by molar-refractivity contribution is 5.53. The number of fused-ring (bicyclic) bond motifs is 1. The molecule has 19 heavy (non-hydrogen) atoms. The Kier molecular flexibility index (Phi) is 3.07. The fraction of sp³-hybridized carbons (Fsp3) is 0.455. The maximum atomic E-state index is 9.89. The molecule has 1 fully saturated rings. The van der Waals surface area contributed by atoms with Gasteiger partial charge in [-0.25, -0.2) is 19.9 Å². The van der Waals surface area contributed by atoms with Gasteiger partial charge in [-0.1, -0.05) is 0 Å². The van der Waals surface area contributed by atoms with Crippen molar-refractivity contribution in [2.75, 3.05) is 6.61 Å². The van der Waals surface area contributed by atoms with Gasteiger partial charge < -0.3 is 20.1 Å². The molecule has 8 heteroatoms. The van der Waals surface area contributed by atoms with Gasteiger partial charge in [0.2, 0.25) is 0 Å². The molecule has 0 amide bonds. The molecule has 0 bridgehead atoms. The van der Waals surface area contributed by atoms with Gasteiger partial charge in [-0.3, -0.25) is 0 Å². The molecule has 100 valence electrons. The topological polar surface area (TPSA) is 121 Å². The van der Waals surface area contributed by atoms with E-state index >= 15 is 0 Å². The first-order valence-electron chi connectivity index (χ1n) is 5.76. The van der Waals surface area contributed by atoms with Crippen molar-refractivity contribution in [1.29, 1.82) is 0 Å². The highest BCUT2D eigenvalue weighted by Gasteiger charge is 2.45. The van der Waals surface area contributed by atoms with Crippen LogP contribution in [0.25, 0.3) is 11.4 Å². The SMILES string of the molecule is OC[C@H]1OC(c2nc3cncncc-3n2)[C@H](O)[C@@H]1O. The smallest absolute Gasteiger partial charge is 0.161 e. The first kappa shape index (κ1) is 12.3. The largest absolute Gasteiger partial charge is 0.394 e. The van der Waals surface area contributed by atoms with Crippen LogP contribution in [0.5, 0.6) is 0 Å². The molecule has 8 nitrogen and oxygen atoms in total. The average molecular weight is 264 g/mol. The number of aliphatic hydroxyl groups excluding tert-OH is 3. The molecule has 0 saturated carbocycles. The van der Waals surface area contributed by atoms with Crippen LogP contribution in [-0.4, -0.2) is 60.2 Å². The van der Waals surface area contributed by atoms with Crippen LogP contribution >= 0.6 is 0 Å². The Labute approximate surface area is 108 Å². The van der Waals surface area contributed by atoms with Gasteiger partial charge in [-0.2, -0.15) is 0 Å². The van der Waals surface area contributed by atoms with Gasteiger partial charge in [0, 0.05) is 0 Å². The Balaban J connectivity index is 1.95. The number of rotatable bonds is 2. The predicted octanol–water partition coefficient (Wildman–Crippen LogP) is -1.47. The number of hydrogen-bond donors (Lipinski definition) is 3. The summed E-state index contributed by atoms with van der Waals surface area (Å²) >= 11 is 0. The van der Waals surface area contributed by atoms with Crippen LogP contribution in [0.4, 0.5) is 0 Å². The van der Waals surface area contributed by atoms with Crippen LogP contribution in [0.3, 0.4) is 0 Å². The van der Waals surface area contributed by atoms with Gasteiger partial charge in [-0.05, 0) is 0 Å². The van der Waals surface area contributed by atoms with Crippen molar-refractivity contribution in [1.82, 2.24) is 19.9 Å². The van der Waals surface area contributed by atoms with E-state index in [2.05, 4.69) is 19.9 Å². The predicted molar refractivity (Wildman–Crippen MR) is 61.0 cm³/mol. The number of imidazole rings is 1. The van der Waals surface area contributed by atoms with Crippen molar-refractivity contribution in [3.63, 3.8) is 0 Å². The number of aliphatic hydroxyl groups is 3. The van der Waals surface area contributed by atoms with Gasteiger partial charge in [0.25, 0.3) is 0 Å². The summed E-state index contributed by atoms with van der Waals surface area (Å²) in [7, 11) is 0. The quantitative estimate of drug-likeness (QED) is 0.600. The Bertz CT molecular complexity index is 523. The number of aromatic nitrogens is 4. The molecular formula is C11H12N4O4. The van der Waals surface area contributed by atoms with E-state index in [0.717, 1.165) is 0 Å². The average Bonchev–Trinajstić information content (AvgIpc) is 2.85. The minimum Gasteiger partial charge on any atom is -0.394 e. The molecule has 1 saturated heterocycles. The molecule has 0 aromatic rings. The van der Waals surface area contributed by atoms with Crippen molar-refractivity contribution in [3.05, 3.63) is 24.5 Å². The van der Waals surface area contributed by atoms with Crippen LogP contribution < -0.4 is 0 Å². The molecular weight excluding hydrogens is 252 g/mol. The Hall–Kier alpha value is -1.74. The summed E-state index contributed by atoms with van der Waals surface area (Å²) in [5.74, 6) is 0.243. The molecule has 3 heterocycles. The van der Waals surface area contributed by atoms with E-state index in [-0.39, 0.29) is 12.4 Å². The van der Waals surface area contributed by atoms with E-state index in [9.17, 15) is 10.2 Å². The molecule has 0 aromatic heterocycles. The molecule has 1 unspecified atom stereocenters. The van der Waals surface area contributed by atoms with E-state index in [1.165, 1.54) is 18.7 Å². The fourth-order valence-electron chi connectivity index (χ4n) is 2.06. The lowest BCUT2D eigenvalue weighted by molar-refractivity contribution is -0.0249. The zero-order valence-corrected chi connectivity index (χ0v) is 9.79. The number of ether oxygens (including phenoxy) is 1. The van der Waals surface area contributed by atoms with Crippen molar-refractivity contribution < 1.29 is 20.1 Å². The van der Waals surface area contributed by atoms with E-state index in [4.69, 9.17) is 9.84 Å². The van der Waals surface area contributed by atoms with E-state index in [1.54, 1.807) is 0 Å². The van der Waals surface area contributed by atoms with Crippen molar-refractivity contribution in [2.24, 2.45) is 0 Å². The second-order valence-corrected chi connectivity index (χ2v) is 4.28. The minimum atomic E-state index is -1.18. The summed E-state index contributed by atoms with van der Waals surface area (Å²) in [5.41, 5.74) is 1.04. The maximum Gasteiger partial charge on any atom is 0.161 e. The number of nitrogens with zero attached hydrogens (tertiary/aromatic N) is 4. The molecule has 0 radical (unpaired) electrons. The molecule has 0 aromatic carbocycles. The molecule has 3 aliphatic rings. The number of hydrogen-bond acceptors (Lipinski definition) is 8. The zero-order valence-electron chi connectivity index (χ0n) is 9.79. The van der Waals surface area contributed by atoms with E-state index < -0.39 is 24.4 Å². The molecule has 0 spiro atoms. The summed E-state index contributed by atoms with van der Waals surface area (Å²) in [6.07, 6.45) is 0.321. The van der Waals surface area contributed by atoms with Gasteiger partial charge in [0.1, 0.15) is 42.1 Å². The summed E-state index contributed by atoms with van der Waals surface area (Å²) in [6.45, 7) is -0.382. The molecule has 4 atom stereocenters. The fourth-order valence-corrected chi connectivity index (χ4v) is 2.06. The standard InChI is InChI=1S/C11H12N4O4/c16-3-7-8(17)9(18)10(19-7)11-14-5-1-12-4-13-2-6(5)15-11/h1-2,4,7-10,16-18H,3H2/t7-,8-,9-,10?/m1/s1. The van der Waals surface area contributed by atoms with Crippen molar-refractivity contribution in [2.45, 2.75) is 24.4 Å². The summed E-state index contributed by atoms with van der Waals surface area (Å²) in [5, 5.41) is 28.6. The van der Waals surface area contributed by atoms with E-state index in [1.807, 2.05) is 0 Å². The van der Waals surface area contributed by atoms with Crippen LogP contribution in [0.15, 0.2) is 18.7 Å². The molecule has 3 N–H and O–H groups in total. The molecule has 3 rings (SSSR count).